The van der Waals surface area contributed by atoms with Crippen LogP contribution in [0.2, 0.25) is 0 Å². The molecule has 1 saturated carbocycles. The average Bonchev–Trinajstić information content (AvgIpc) is 3.31. The van der Waals surface area contributed by atoms with Crippen LogP contribution in [0.4, 0.5) is 14.7 Å². The summed E-state index contributed by atoms with van der Waals surface area (Å²) < 4.78 is 34.1. The molecule has 1 amide bonds. The first-order valence-electron chi connectivity index (χ1n) is 10.2. The Morgan fingerprint density at radius 3 is 2.93 bits per heavy atom. The van der Waals surface area contributed by atoms with E-state index in [0.29, 0.717) is 45.2 Å². The van der Waals surface area contributed by atoms with E-state index in [2.05, 4.69) is 15.3 Å². The molecule has 30 heavy (non-hydrogen) atoms. The largest absolute Gasteiger partial charge is 0.376 e. The summed E-state index contributed by atoms with van der Waals surface area (Å²) in [5, 5.41) is 3.24. The number of fused-ring (bicyclic) bond motifs is 2. The van der Waals surface area contributed by atoms with Crippen LogP contribution >= 0.6 is 0 Å². The highest BCUT2D eigenvalue weighted by atomic mass is 19.3. The van der Waals surface area contributed by atoms with E-state index in [9.17, 15) is 13.6 Å². The summed E-state index contributed by atoms with van der Waals surface area (Å²) in [7, 11) is 1.92. The van der Waals surface area contributed by atoms with Crippen LogP contribution < -0.4 is 5.32 Å². The molecule has 1 atom stereocenters. The Kier molecular flexibility index (Phi) is 4.49. The number of hydrogen-bond donors (Lipinski definition) is 1. The molecule has 1 spiro atoms. The summed E-state index contributed by atoms with van der Waals surface area (Å²) in [6.45, 7) is 2.41. The number of hydrogen-bond acceptors (Lipinski definition) is 6. The Bertz CT molecular complexity index is 972. The standard InChI is InChI=1S/C20H24F2N6O2/c1-27-12-23-7-15(27)8-25-18-24-6-14-9-30-11-19(16(14)26-18)2-3-28(10-19)17(29)13-4-20(21,22)5-13/h6-7,12-13H,2-5,8-11H2,1H3,(H,24,25,26)/t19-/m0/s1. The first kappa shape index (κ1) is 19.3. The third-order valence-corrected chi connectivity index (χ3v) is 6.45. The number of carbonyl (C=O) groups excluding carboxylic acids is 1. The predicted molar refractivity (Wildman–Crippen MR) is 103 cm³/mol. The van der Waals surface area contributed by atoms with E-state index in [0.717, 1.165) is 17.0 Å². The molecule has 2 fully saturated rings. The number of aryl methyl sites for hydroxylation is 1. The Balaban J connectivity index is 1.33. The van der Waals surface area contributed by atoms with E-state index >= 15 is 0 Å². The van der Waals surface area contributed by atoms with Gasteiger partial charge in [-0.05, 0) is 6.42 Å². The van der Waals surface area contributed by atoms with E-state index in [-0.39, 0.29) is 18.7 Å². The van der Waals surface area contributed by atoms with Gasteiger partial charge in [-0.15, -0.1) is 0 Å². The zero-order valence-corrected chi connectivity index (χ0v) is 16.8. The molecule has 2 aromatic rings. The Labute approximate surface area is 172 Å². The van der Waals surface area contributed by atoms with Crippen molar-refractivity contribution in [1.29, 1.82) is 0 Å². The second kappa shape index (κ2) is 6.97. The number of imidazole rings is 1. The van der Waals surface area contributed by atoms with Crippen LogP contribution in [0.1, 0.15) is 36.2 Å². The average molecular weight is 418 g/mol. The number of likely N-dealkylation sites (tertiary alicyclic amines) is 1. The summed E-state index contributed by atoms with van der Waals surface area (Å²) in [6.07, 6.45) is 5.31. The number of anilines is 1. The van der Waals surface area contributed by atoms with E-state index in [1.807, 2.05) is 11.6 Å². The maximum Gasteiger partial charge on any atom is 0.249 e. The van der Waals surface area contributed by atoms with Gasteiger partial charge in [0.2, 0.25) is 17.8 Å². The molecule has 0 bridgehead atoms. The van der Waals surface area contributed by atoms with Gasteiger partial charge in [-0.3, -0.25) is 4.79 Å². The van der Waals surface area contributed by atoms with Crippen LogP contribution in [-0.4, -0.2) is 55.9 Å². The molecule has 3 aliphatic rings. The molecule has 0 unspecified atom stereocenters. The lowest BCUT2D eigenvalue weighted by Crippen LogP contribution is -2.48. The second-order valence-electron chi connectivity index (χ2n) is 8.66. The van der Waals surface area contributed by atoms with Crippen molar-refractivity contribution in [2.75, 3.05) is 25.0 Å². The molecule has 0 aromatic carbocycles. The molecule has 2 aliphatic heterocycles. The highest BCUT2D eigenvalue weighted by Gasteiger charge is 2.53. The summed E-state index contributed by atoms with van der Waals surface area (Å²) in [6, 6.07) is 0. The fourth-order valence-corrected chi connectivity index (χ4v) is 4.67. The van der Waals surface area contributed by atoms with Crippen LogP contribution in [0.15, 0.2) is 18.7 Å². The fourth-order valence-electron chi connectivity index (χ4n) is 4.67. The Hall–Kier alpha value is -2.62. The van der Waals surface area contributed by atoms with Gasteiger partial charge in [-0.1, -0.05) is 0 Å². The van der Waals surface area contributed by atoms with Gasteiger partial charge in [-0.2, -0.15) is 0 Å². The van der Waals surface area contributed by atoms with Crippen LogP contribution in [0.3, 0.4) is 0 Å². The van der Waals surface area contributed by atoms with Crippen LogP contribution in [0.25, 0.3) is 0 Å². The molecular weight excluding hydrogens is 394 g/mol. The summed E-state index contributed by atoms with van der Waals surface area (Å²) in [4.78, 5) is 27.7. The number of aromatic nitrogens is 4. The molecule has 160 valence electrons. The van der Waals surface area contributed by atoms with Crippen molar-refractivity contribution in [1.82, 2.24) is 24.4 Å². The molecule has 0 radical (unpaired) electrons. The molecule has 1 aliphatic carbocycles. The highest BCUT2D eigenvalue weighted by molar-refractivity contribution is 5.80. The van der Waals surface area contributed by atoms with Crippen LogP contribution in [-0.2, 0) is 35.1 Å². The first-order valence-corrected chi connectivity index (χ1v) is 10.2. The number of halogens is 2. The van der Waals surface area contributed by atoms with Gasteiger partial charge in [0.1, 0.15) is 0 Å². The smallest absolute Gasteiger partial charge is 0.249 e. The quantitative estimate of drug-likeness (QED) is 0.816. The van der Waals surface area contributed by atoms with Gasteiger partial charge in [0.05, 0.1) is 42.9 Å². The molecule has 5 rings (SSSR count). The number of rotatable bonds is 4. The second-order valence-corrected chi connectivity index (χ2v) is 8.66. The zero-order valence-electron chi connectivity index (χ0n) is 16.8. The lowest BCUT2D eigenvalue weighted by molar-refractivity contribution is -0.159. The van der Waals surface area contributed by atoms with Crippen LogP contribution in [0.5, 0.6) is 0 Å². The first-order chi connectivity index (χ1) is 14.4. The molecule has 10 heteroatoms. The lowest BCUT2D eigenvalue weighted by Gasteiger charge is -2.37. The minimum atomic E-state index is -2.69. The predicted octanol–water partition coefficient (Wildman–Crippen LogP) is 1.87. The van der Waals surface area contributed by atoms with Crippen molar-refractivity contribution in [3.63, 3.8) is 0 Å². The number of nitrogens with zero attached hydrogens (tertiary/aromatic N) is 5. The summed E-state index contributed by atoms with van der Waals surface area (Å²) in [5.74, 6) is -2.92. The summed E-state index contributed by atoms with van der Waals surface area (Å²) >= 11 is 0. The van der Waals surface area contributed by atoms with Crippen molar-refractivity contribution < 1.29 is 18.3 Å². The minimum Gasteiger partial charge on any atom is -0.376 e. The van der Waals surface area contributed by atoms with E-state index in [1.165, 1.54) is 0 Å². The van der Waals surface area contributed by atoms with Crippen molar-refractivity contribution in [3.05, 3.63) is 35.7 Å². The Morgan fingerprint density at radius 2 is 2.20 bits per heavy atom. The van der Waals surface area contributed by atoms with Crippen LogP contribution in [0, 0.1) is 5.92 Å². The SMILES string of the molecule is Cn1cncc1CNc1ncc2c(n1)[C@]1(CCN(C(=O)C3CC(F)(F)C3)C1)COC2. The maximum atomic E-state index is 13.2. The third-order valence-electron chi connectivity index (χ3n) is 6.45. The maximum absolute atomic E-state index is 13.2. The molecule has 4 heterocycles. The van der Waals surface area contributed by atoms with Gasteiger partial charge in [0.25, 0.3) is 0 Å². The molecule has 1 N–H and O–H groups in total. The van der Waals surface area contributed by atoms with Crippen molar-refractivity contribution in [2.45, 2.75) is 43.8 Å². The van der Waals surface area contributed by atoms with Gasteiger partial charge in [0, 0.05) is 56.9 Å². The number of carbonyl (C=O) groups is 1. The van der Waals surface area contributed by atoms with E-state index < -0.39 is 17.3 Å². The normalized spacial score (nSPS) is 25.2. The third kappa shape index (κ3) is 3.32. The van der Waals surface area contributed by atoms with Gasteiger partial charge < -0.3 is 19.5 Å². The van der Waals surface area contributed by atoms with Gasteiger partial charge >= 0.3 is 0 Å². The molecule has 1 saturated heterocycles. The van der Waals surface area contributed by atoms with E-state index in [4.69, 9.17) is 9.72 Å². The molecule has 2 aromatic heterocycles. The topological polar surface area (TPSA) is 85.2 Å². The molecular formula is C20H24F2N6O2. The fraction of sp³-hybridized carbons (Fsp3) is 0.600. The van der Waals surface area contributed by atoms with Crippen molar-refractivity contribution in [3.8, 4) is 0 Å². The van der Waals surface area contributed by atoms with Gasteiger partial charge in [0.15, 0.2) is 0 Å². The van der Waals surface area contributed by atoms with Crippen molar-refractivity contribution in [2.24, 2.45) is 13.0 Å². The van der Waals surface area contributed by atoms with E-state index in [1.54, 1.807) is 23.6 Å². The monoisotopic (exact) mass is 418 g/mol. The lowest BCUT2D eigenvalue weighted by atomic mass is 9.79. The number of nitrogens with one attached hydrogen (secondary N) is 1. The molecule has 8 nitrogen and oxygen atoms in total. The number of alkyl halides is 2. The Morgan fingerprint density at radius 1 is 1.37 bits per heavy atom. The minimum absolute atomic E-state index is 0.173. The summed E-state index contributed by atoms with van der Waals surface area (Å²) in [5.41, 5.74) is 2.40. The number of amides is 1. The van der Waals surface area contributed by atoms with Gasteiger partial charge in [-0.25, -0.2) is 23.7 Å². The highest BCUT2D eigenvalue weighted by Crippen LogP contribution is 2.45. The zero-order chi connectivity index (χ0) is 20.9. The number of ether oxygens (including phenoxy) is 1. The van der Waals surface area contributed by atoms with Crippen molar-refractivity contribution >= 4 is 11.9 Å².